The summed E-state index contributed by atoms with van der Waals surface area (Å²) in [4.78, 5) is 11.2. The number of carbonyl (C=O) groups is 1. The predicted molar refractivity (Wildman–Crippen MR) is 94.9 cm³/mol. The lowest BCUT2D eigenvalue weighted by Gasteiger charge is -2.29. The van der Waals surface area contributed by atoms with E-state index in [4.69, 9.17) is 0 Å². The molecule has 3 aromatic rings. The third kappa shape index (κ3) is 2.44. The van der Waals surface area contributed by atoms with E-state index in [1.807, 2.05) is 48.0 Å². The Kier molecular flexibility index (Phi) is 3.34. The van der Waals surface area contributed by atoms with Gasteiger partial charge in [-0.2, -0.15) is 5.10 Å². The van der Waals surface area contributed by atoms with Crippen LogP contribution < -0.4 is 10.6 Å². The van der Waals surface area contributed by atoms with Crippen molar-refractivity contribution in [2.24, 2.45) is 0 Å². The van der Waals surface area contributed by atoms with Gasteiger partial charge < -0.3 is 10.6 Å². The number of fused-ring (bicyclic) bond motifs is 3. The van der Waals surface area contributed by atoms with Gasteiger partial charge in [-0.05, 0) is 36.8 Å². The smallest absolute Gasteiger partial charge is 0.221 e. The van der Waals surface area contributed by atoms with E-state index in [1.54, 1.807) is 0 Å². The summed E-state index contributed by atoms with van der Waals surface area (Å²) < 4.78 is 2.02. The first-order chi connectivity index (χ1) is 11.6. The summed E-state index contributed by atoms with van der Waals surface area (Å²) >= 11 is 0. The Hall–Kier alpha value is -3.08. The molecule has 2 heterocycles. The van der Waals surface area contributed by atoms with Crippen molar-refractivity contribution < 1.29 is 4.79 Å². The van der Waals surface area contributed by atoms with Crippen molar-refractivity contribution in [3.05, 3.63) is 65.9 Å². The van der Waals surface area contributed by atoms with Crippen molar-refractivity contribution >= 4 is 17.3 Å². The van der Waals surface area contributed by atoms with E-state index in [-0.39, 0.29) is 12.1 Å². The van der Waals surface area contributed by atoms with Crippen molar-refractivity contribution in [3.8, 4) is 11.3 Å². The van der Waals surface area contributed by atoms with Crippen molar-refractivity contribution in [1.82, 2.24) is 9.78 Å². The number of aromatic nitrogens is 2. The normalized spacial score (nSPS) is 15.2. The van der Waals surface area contributed by atoms with Crippen LogP contribution in [0, 0.1) is 6.92 Å². The van der Waals surface area contributed by atoms with Crippen LogP contribution in [0.2, 0.25) is 0 Å². The Labute approximate surface area is 140 Å². The molecule has 1 amide bonds. The molecule has 120 valence electrons. The molecule has 2 N–H and O–H groups in total. The molecule has 1 aliphatic rings. The monoisotopic (exact) mass is 318 g/mol. The van der Waals surface area contributed by atoms with Crippen LogP contribution in [-0.4, -0.2) is 15.7 Å². The molecule has 0 unspecified atom stereocenters. The van der Waals surface area contributed by atoms with Gasteiger partial charge in [0.2, 0.25) is 5.91 Å². The van der Waals surface area contributed by atoms with Crippen molar-refractivity contribution in [1.29, 1.82) is 0 Å². The van der Waals surface area contributed by atoms with Gasteiger partial charge in [0.15, 0.2) is 0 Å². The van der Waals surface area contributed by atoms with Gasteiger partial charge in [-0.15, -0.1) is 0 Å². The van der Waals surface area contributed by atoms with Crippen LogP contribution in [0.15, 0.2) is 54.6 Å². The molecule has 0 radical (unpaired) electrons. The highest BCUT2D eigenvalue weighted by Crippen LogP contribution is 2.38. The Bertz CT molecular complexity index is 911. The van der Waals surface area contributed by atoms with E-state index < -0.39 is 0 Å². The van der Waals surface area contributed by atoms with E-state index in [0.717, 1.165) is 33.9 Å². The van der Waals surface area contributed by atoms with Crippen molar-refractivity contribution in [2.45, 2.75) is 20.0 Å². The van der Waals surface area contributed by atoms with Gasteiger partial charge >= 0.3 is 0 Å². The minimum Gasteiger partial charge on any atom is -0.359 e. The zero-order valence-corrected chi connectivity index (χ0v) is 13.6. The Balaban J connectivity index is 1.75. The average Bonchev–Trinajstić information content (AvgIpc) is 2.96. The van der Waals surface area contributed by atoms with Gasteiger partial charge in [0.05, 0.1) is 11.4 Å². The maximum Gasteiger partial charge on any atom is 0.221 e. The quantitative estimate of drug-likeness (QED) is 0.756. The number of benzene rings is 2. The number of nitrogens with one attached hydrogen (secondary N) is 2. The second-order valence-corrected chi connectivity index (χ2v) is 6.01. The van der Waals surface area contributed by atoms with Crippen LogP contribution in [0.25, 0.3) is 11.3 Å². The molecule has 1 atom stereocenters. The molecule has 0 saturated carbocycles. The maximum absolute atomic E-state index is 11.2. The van der Waals surface area contributed by atoms with Crippen molar-refractivity contribution in [3.63, 3.8) is 0 Å². The number of hydrogen-bond donors (Lipinski definition) is 2. The van der Waals surface area contributed by atoms with Gasteiger partial charge in [-0.25, -0.2) is 4.68 Å². The van der Waals surface area contributed by atoms with Crippen LogP contribution in [0.1, 0.15) is 24.3 Å². The third-order valence-corrected chi connectivity index (χ3v) is 4.14. The van der Waals surface area contributed by atoms with Crippen LogP contribution in [0.3, 0.4) is 0 Å². The number of anilines is 2. The number of amides is 1. The van der Waals surface area contributed by atoms with E-state index in [9.17, 15) is 4.79 Å². The number of hydrogen-bond acceptors (Lipinski definition) is 3. The molecule has 1 aromatic heterocycles. The number of aryl methyl sites for hydroxylation is 1. The molecule has 0 spiro atoms. The first kappa shape index (κ1) is 14.5. The largest absolute Gasteiger partial charge is 0.359 e. The lowest BCUT2D eigenvalue weighted by molar-refractivity contribution is -0.114. The summed E-state index contributed by atoms with van der Waals surface area (Å²) in [6.45, 7) is 3.51. The van der Waals surface area contributed by atoms with Gasteiger partial charge in [0, 0.05) is 23.9 Å². The highest BCUT2D eigenvalue weighted by Gasteiger charge is 2.25. The molecule has 24 heavy (non-hydrogen) atoms. The fraction of sp³-hybridized carbons (Fsp3) is 0.158. The fourth-order valence-corrected chi connectivity index (χ4v) is 3.13. The van der Waals surface area contributed by atoms with Crippen LogP contribution in [0.4, 0.5) is 11.4 Å². The maximum atomic E-state index is 11.2. The van der Waals surface area contributed by atoms with Gasteiger partial charge in [0.25, 0.3) is 0 Å². The van der Waals surface area contributed by atoms with E-state index >= 15 is 0 Å². The van der Waals surface area contributed by atoms with Crippen LogP contribution in [-0.2, 0) is 4.79 Å². The molecule has 2 aromatic carbocycles. The number of nitrogens with zero attached hydrogens (tertiary/aromatic N) is 2. The number of rotatable bonds is 2. The molecule has 0 fully saturated rings. The highest BCUT2D eigenvalue weighted by molar-refractivity contribution is 5.88. The first-order valence-electron chi connectivity index (χ1n) is 7.91. The second kappa shape index (κ2) is 5.53. The molecule has 1 aliphatic heterocycles. The Morgan fingerprint density at radius 1 is 1.17 bits per heavy atom. The van der Waals surface area contributed by atoms with Crippen LogP contribution >= 0.6 is 0 Å². The zero-order valence-electron chi connectivity index (χ0n) is 13.6. The summed E-state index contributed by atoms with van der Waals surface area (Å²) in [6, 6.07) is 18.2. The zero-order chi connectivity index (χ0) is 16.7. The van der Waals surface area contributed by atoms with Gasteiger partial charge in [0.1, 0.15) is 6.17 Å². The molecular formula is C19H18N4O. The third-order valence-electron chi connectivity index (χ3n) is 4.14. The molecule has 0 aliphatic carbocycles. The molecular weight excluding hydrogens is 300 g/mol. The summed E-state index contributed by atoms with van der Waals surface area (Å²) in [7, 11) is 0. The summed E-state index contributed by atoms with van der Waals surface area (Å²) in [5.74, 6) is -0.0718. The first-order valence-corrected chi connectivity index (χ1v) is 7.91. The molecule has 4 rings (SSSR count). The Morgan fingerprint density at radius 3 is 2.67 bits per heavy atom. The van der Waals surface area contributed by atoms with Crippen LogP contribution in [0.5, 0.6) is 0 Å². The average molecular weight is 318 g/mol. The Morgan fingerprint density at radius 2 is 1.92 bits per heavy atom. The topological polar surface area (TPSA) is 59.0 Å². The van der Waals surface area contributed by atoms with Gasteiger partial charge in [-0.1, -0.05) is 30.3 Å². The molecule has 0 saturated heterocycles. The summed E-state index contributed by atoms with van der Waals surface area (Å²) in [5, 5.41) is 11.0. The predicted octanol–water partition coefficient (Wildman–Crippen LogP) is 3.79. The molecule has 0 bridgehead atoms. The lowest BCUT2D eigenvalue weighted by Crippen LogP contribution is -2.25. The minimum absolute atomic E-state index is 0.0718. The van der Waals surface area contributed by atoms with E-state index in [1.165, 1.54) is 6.92 Å². The van der Waals surface area contributed by atoms with E-state index in [2.05, 4.69) is 33.9 Å². The molecule has 5 nitrogen and oxygen atoms in total. The summed E-state index contributed by atoms with van der Waals surface area (Å²) in [5.41, 5.74) is 6.23. The van der Waals surface area contributed by atoms with Crippen molar-refractivity contribution in [2.75, 3.05) is 10.6 Å². The molecule has 5 heteroatoms. The summed E-state index contributed by atoms with van der Waals surface area (Å²) in [6.07, 6.45) is -0.0741. The number of para-hydroxylation sites is 1. The SMILES string of the molecule is CC(=O)Nc1ccc([C@@H]2Nc3ccccc3-c3cc(C)nn32)cc1. The van der Waals surface area contributed by atoms with Gasteiger partial charge in [-0.3, -0.25) is 4.79 Å². The highest BCUT2D eigenvalue weighted by atomic mass is 16.1. The lowest BCUT2D eigenvalue weighted by atomic mass is 10.0. The minimum atomic E-state index is -0.0741. The van der Waals surface area contributed by atoms with E-state index in [0.29, 0.717) is 0 Å². The standard InChI is InChI=1S/C19H18N4O/c1-12-11-18-16-5-3-4-6-17(16)21-19(23(18)22-12)14-7-9-15(10-8-14)20-13(2)24/h3-11,19,21H,1-2H3,(H,20,24)/t19-/m1/s1. The fourth-order valence-electron chi connectivity index (χ4n) is 3.13. The second-order valence-electron chi connectivity index (χ2n) is 6.01. The number of carbonyl (C=O) groups excluding carboxylic acids is 1.